The van der Waals surface area contributed by atoms with Crippen LogP contribution in [-0.4, -0.2) is 57.6 Å². The van der Waals surface area contributed by atoms with Gasteiger partial charge >= 0.3 is 0 Å². The zero-order valence-electron chi connectivity index (χ0n) is 19.4. The molecule has 4 rings (SSSR count). The van der Waals surface area contributed by atoms with Crippen molar-refractivity contribution in [1.82, 2.24) is 0 Å². The Morgan fingerprint density at radius 3 is 1.91 bits per heavy atom. The van der Waals surface area contributed by atoms with Crippen LogP contribution >= 0.6 is 0 Å². The normalized spacial score (nSPS) is 24.2. The molecule has 0 bridgehead atoms. The molecule has 3 aromatic carbocycles. The van der Waals surface area contributed by atoms with Crippen molar-refractivity contribution in [2.75, 3.05) is 6.61 Å². The van der Waals surface area contributed by atoms with E-state index in [1.807, 2.05) is 78.9 Å². The third-order valence-electron chi connectivity index (χ3n) is 6.21. The molecule has 1 aliphatic heterocycles. The van der Waals surface area contributed by atoms with Crippen LogP contribution in [-0.2, 0) is 24.4 Å². The number of aliphatic hydroxyl groups excluding tert-OH is 4. The number of hydrogen-bond acceptors (Lipinski definition) is 7. The van der Waals surface area contributed by atoms with Crippen molar-refractivity contribution >= 4 is 0 Å². The number of ether oxygens (including phenoxy) is 3. The highest BCUT2D eigenvalue weighted by atomic mass is 16.5. The van der Waals surface area contributed by atoms with E-state index in [1.165, 1.54) is 0 Å². The molecule has 1 saturated heterocycles. The Kier molecular flexibility index (Phi) is 8.74. The standard InChI is InChI=1S/C28H32O7/c29-16-25-27(31)28(32)26(30)23(35-25)14-12-21-11-13-22(33-17-19-7-3-1-4-8-19)15-24(21)34-18-20-9-5-2-6-10-20/h1-11,13,15,23,25-32H,12,14,16-18H2/t23-,25+,26-,27+,28+/m0/s1. The third-order valence-corrected chi connectivity index (χ3v) is 6.21. The summed E-state index contributed by atoms with van der Waals surface area (Å²) in [5.41, 5.74) is 2.99. The van der Waals surface area contributed by atoms with Crippen LogP contribution in [0.25, 0.3) is 0 Å². The van der Waals surface area contributed by atoms with E-state index in [1.54, 1.807) is 0 Å². The van der Waals surface area contributed by atoms with Gasteiger partial charge in [0.25, 0.3) is 0 Å². The molecule has 0 aromatic heterocycles. The van der Waals surface area contributed by atoms with Crippen molar-refractivity contribution < 1.29 is 34.6 Å². The quantitative estimate of drug-likeness (QED) is 0.353. The Morgan fingerprint density at radius 1 is 0.686 bits per heavy atom. The van der Waals surface area contributed by atoms with Crippen molar-refractivity contribution in [2.45, 2.75) is 56.6 Å². The Morgan fingerprint density at radius 2 is 1.29 bits per heavy atom. The zero-order chi connectivity index (χ0) is 24.6. The molecule has 0 unspecified atom stereocenters. The van der Waals surface area contributed by atoms with Crippen molar-refractivity contribution in [3.8, 4) is 11.5 Å². The van der Waals surface area contributed by atoms with E-state index < -0.39 is 37.1 Å². The largest absolute Gasteiger partial charge is 0.489 e. The summed E-state index contributed by atoms with van der Waals surface area (Å²) in [6, 6.07) is 25.4. The van der Waals surface area contributed by atoms with Gasteiger partial charge in [-0.1, -0.05) is 66.7 Å². The van der Waals surface area contributed by atoms with Gasteiger partial charge in [0.15, 0.2) is 0 Å². The lowest BCUT2D eigenvalue weighted by molar-refractivity contribution is -0.230. The monoisotopic (exact) mass is 480 g/mol. The molecule has 0 radical (unpaired) electrons. The van der Waals surface area contributed by atoms with E-state index >= 15 is 0 Å². The van der Waals surface area contributed by atoms with Crippen LogP contribution in [0.15, 0.2) is 78.9 Å². The highest BCUT2D eigenvalue weighted by Crippen LogP contribution is 2.30. The predicted molar refractivity (Wildman–Crippen MR) is 130 cm³/mol. The van der Waals surface area contributed by atoms with Crippen LogP contribution in [0.4, 0.5) is 0 Å². The van der Waals surface area contributed by atoms with Gasteiger partial charge in [0, 0.05) is 6.07 Å². The molecule has 7 heteroatoms. The SMILES string of the molecule is OC[C@H]1O[C@@H](CCc2ccc(OCc3ccccc3)cc2OCc2ccccc2)[C@H](O)[C@@H](O)[C@@H]1O. The van der Waals surface area contributed by atoms with Crippen molar-refractivity contribution in [3.05, 3.63) is 95.6 Å². The lowest BCUT2D eigenvalue weighted by Gasteiger charge is -2.40. The number of aliphatic hydroxyl groups is 4. The van der Waals surface area contributed by atoms with Gasteiger partial charge in [-0.05, 0) is 35.6 Å². The van der Waals surface area contributed by atoms with Crippen molar-refractivity contribution in [2.24, 2.45) is 0 Å². The van der Waals surface area contributed by atoms with E-state index in [-0.39, 0.29) is 0 Å². The Labute approximate surface area is 205 Å². The first kappa shape index (κ1) is 25.2. The second kappa shape index (κ2) is 12.2. The molecular weight excluding hydrogens is 448 g/mol. The molecule has 186 valence electrons. The highest BCUT2D eigenvalue weighted by molar-refractivity contribution is 5.41. The number of benzene rings is 3. The second-order valence-corrected chi connectivity index (χ2v) is 8.72. The molecule has 4 N–H and O–H groups in total. The Bertz CT molecular complexity index is 1040. The van der Waals surface area contributed by atoms with Crippen LogP contribution in [0.5, 0.6) is 11.5 Å². The van der Waals surface area contributed by atoms with Gasteiger partial charge in [-0.2, -0.15) is 0 Å². The van der Waals surface area contributed by atoms with Crippen molar-refractivity contribution in [1.29, 1.82) is 0 Å². The van der Waals surface area contributed by atoms with Gasteiger partial charge in [0.1, 0.15) is 49.1 Å². The highest BCUT2D eigenvalue weighted by Gasteiger charge is 2.43. The molecule has 1 fully saturated rings. The summed E-state index contributed by atoms with van der Waals surface area (Å²) in [6.45, 7) is 0.375. The van der Waals surface area contributed by atoms with E-state index in [0.717, 1.165) is 16.7 Å². The van der Waals surface area contributed by atoms with Crippen LogP contribution in [0.2, 0.25) is 0 Å². The van der Waals surface area contributed by atoms with Crippen LogP contribution in [0.3, 0.4) is 0 Å². The predicted octanol–water partition coefficient (Wildman–Crippen LogP) is 2.62. The molecule has 7 nitrogen and oxygen atoms in total. The van der Waals surface area contributed by atoms with Crippen LogP contribution in [0, 0.1) is 0 Å². The molecule has 1 aliphatic rings. The average molecular weight is 481 g/mol. The van der Waals surface area contributed by atoms with E-state index in [4.69, 9.17) is 14.2 Å². The molecule has 0 spiro atoms. The van der Waals surface area contributed by atoms with Gasteiger partial charge < -0.3 is 34.6 Å². The lowest BCUT2D eigenvalue weighted by Crippen LogP contribution is -2.58. The topological polar surface area (TPSA) is 109 Å². The molecule has 0 amide bonds. The maximum atomic E-state index is 10.4. The van der Waals surface area contributed by atoms with Gasteiger partial charge in [-0.15, -0.1) is 0 Å². The fourth-order valence-corrected chi connectivity index (χ4v) is 4.16. The molecule has 5 atom stereocenters. The molecule has 0 aliphatic carbocycles. The molecule has 35 heavy (non-hydrogen) atoms. The Hall–Kier alpha value is -2.94. The number of aryl methyl sites for hydroxylation is 1. The van der Waals surface area contributed by atoms with E-state index in [2.05, 4.69) is 0 Å². The maximum Gasteiger partial charge on any atom is 0.126 e. The summed E-state index contributed by atoms with van der Waals surface area (Å²) in [5.74, 6) is 1.33. The molecule has 0 saturated carbocycles. The number of rotatable bonds is 10. The lowest BCUT2D eigenvalue weighted by atomic mass is 9.92. The van der Waals surface area contributed by atoms with E-state index in [0.29, 0.717) is 37.6 Å². The minimum Gasteiger partial charge on any atom is -0.489 e. The van der Waals surface area contributed by atoms with Crippen LogP contribution in [0.1, 0.15) is 23.1 Å². The van der Waals surface area contributed by atoms with Crippen molar-refractivity contribution in [3.63, 3.8) is 0 Å². The summed E-state index contributed by atoms with van der Waals surface area (Å²) in [7, 11) is 0. The first-order chi connectivity index (χ1) is 17.0. The van der Waals surface area contributed by atoms with Gasteiger partial charge in [0.2, 0.25) is 0 Å². The summed E-state index contributed by atoms with van der Waals surface area (Å²) >= 11 is 0. The summed E-state index contributed by atoms with van der Waals surface area (Å²) in [4.78, 5) is 0. The summed E-state index contributed by atoms with van der Waals surface area (Å²) in [5, 5.41) is 39.9. The van der Waals surface area contributed by atoms with Crippen LogP contribution < -0.4 is 9.47 Å². The zero-order valence-corrected chi connectivity index (χ0v) is 19.4. The van der Waals surface area contributed by atoms with Gasteiger partial charge in [-0.3, -0.25) is 0 Å². The fraction of sp³-hybridized carbons (Fsp3) is 0.357. The smallest absolute Gasteiger partial charge is 0.126 e. The minimum absolute atomic E-state index is 0.368. The van der Waals surface area contributed by atoms with E-state index in [9.17, 15) is 20.4 Å². The summed E-state index contributed by atoms with van der Waals surface area (Å²) in [6.07, 6.45) is -4.79. The molecule has 3 aromatic rings. The number of hydrogen-bond donors (Lipinski definition) is 4. The molecular formula is C28H32O7. The average Bonchev–Trinajstić information content (AvgIpc) is 2.90. The van der Waals surface area contributed by atoms with Gasteiger partial charge in [0.05, 0.1) is 12.7 Å². The third kappa shape index (κ3) is 6.60. The first-order valence-electron chi connectivity index (χ1n) is 11.8. The summed E-state index contributed by atoms with van der Waals surface area (Å²) < 4.78 is 17.8. The Balaban J connectivity index is 1.47. The maximum absolute atomic E-state index is 10.4. The fourth-order valence-electron chi connectivity index (χ4n) is 4.16. The molecule has 1 heterocycles. The second-order valence-electron chi connectivity index (χ2n) is 8.72. The first-order valence-corrected chi connectivity index (χ1v) is 11.8. The van der Waals surface area contributed by atoms with Gasteiger partial charge in [-0.25, -0.2) is 0 Å². The minimum atomic E-state index is -1.38.